The van der Waals surface area contributed by atoms with Crippen LogP contribution in [0.1, 0.15) is 103 Å². The van der Waals surface area contributed by atoms with Gasteiger partial charge in [0.25, 0.3) is 5.91 Å². The molecule has 2 aliphatic carbocycles. The number of aryl methyl sites for hydroxylation is 2. The van der Waals surface area contributed by atoms with Gasteiger partial charge in [-0.3, -0.25) is 19.1 Å². The summed E-state index contributed by atoms with van der Waals surface area (Å²) in [6.07, 6.45) is 8.88. The number of hydrogen-bond donors (Lipinski definition) is 3. The number of nitrogens with zero attached hydrogens (tertiary/aromatic N) is 2. The maximum Gasteiger partial charge on any atom is 0.408 e. The average molecular weight is 784 g/mol. The van der Waals surface area contributed by atoms with Crippen molar-refractivity contribution in [2.45, 2.75) is 139 Å². The van der Waals surface area contributed by atoms with E-state index in [0.29, 0.717) is 67.8 Å². The Labute approximate surface area is 321 Å². The number of ether oxygens (including phenoxy) is 2. The zero-order chi connectivity index (χ0) is 38.6. The van der Waals surface area contributed by atoms with Crippen molar-refractivity contribution in [3.05, 3.63) is 46.6 Å². The van der Waals surface area contributed by atoms with E-state index in [1.54, 1.807) is 20.8 Å². The molecule has 15 heteroatoms. The molecule has 4 heterocycles. The number of carbonyl (C=O) groups is 4. The molecular weight excluding hydrogens is 734 g/mol. The summed E-state index contributed by atoms with van der Waals surface area (Å²) >= 11 is 6.28. The Kier molecular flexibility index (Phi) is 10.2. The normalized spacial score (nSPS) is 30.0. The Bertz CT molecular complexity index is 2020. The minimum Gasteiger partial charge on any atom is -0.483 e. The lowest BCUT2D eigenvalue weighted by atomic mass is 9.65. The highest BCUT2D eigenvalue weighted by molar-refractivity contribution is 7.91. The summed E-state index contributed by atoms with van der Waals surface area (Å²) in [5.74, 6) is -1.65. The molecule has 2 saturated carbocycles. The number of hydrogen-bond acceptors (Lipinski definition) is 9. The molecule has 4 amide bonds. The van der Waals surface area contributed by atoms with Crippen molar-refractivity contribution in [1.29, 1.82) is 0 Å². The highest BCUT2D eigenvalue weighted by Crippen LogP contribution is 2.47. The van der Waals surface area contributed by atoms with Crippen molar-refractivity contribution >= 4 is 56.3 Å². The van der Waals surface area contributed by atoms with Gasteiger partial charge in [-0.25, -0.2) is 18.2 Å². The molecule has 3 aliphatic heterocycles. The van der Waals surface area contributed by atoms with Crippen LogP contribution in [0, 0.1) is 12.8 Å². The Balaban J connectivity index is 1.25. The Morgan fingerprint density at radius 1 is 1.11 bits per heavy atom. The van der Waals surface area contributed by atoms with Crippen LogP contribution in [0.3, 0.4) is 0 Å². The summed E-state index contributed by atoms with van der Waals surface area (Å²) in [7, 11) is -4.00. The van der Waals surface area contributed by atoms with Gasteiger partial charge in [0, 0.05) is 28.3 Å². The van der Waals surface area contributed by atoms with E-state index in [0.717, 1.165) is 29.3 Å². The smallest absolute Gasteiger partial charge is 0.408 e. The summed E-state index contributed by atoms with van der Waals surface area (Å²) in [6.45, 7) is 6.95. The van der Waals surface area contributed by atoms with Crippen molar-refractivity contribution < 1.29 is 37.1 Å². The molecule has 5 aliphatic rings. The fourth-order valence-electron chi connectivity index (χ4n) is 8.43. The molecule has 1 saturated heterocycles. The summed E-state index contributed by atoms with van der Waals surface area (Å²) < 4.78 is 40.1. The van der Waals surface area contributed by atoms with E-state index < -0.39 is 73.8 Å². The molecule has 0 unspecified atom stereocenters. The molecule has 2 aromatic rings. The second-order valence-electron chi connectivity index (χ2n) is 16.3. The number of carbonyl (C=O) groups excluding carboxylic acids is 4. The van der Waals surface area contributed by atoms with Gasteiger partial charge >= 0.3 is 6.09 Å². The first-order chi connectivity index (χ1) is 25.6. The van der Waals surface area contributed by atoms with E-state index in [1.807, 2.05) is 37.3 Å². The zero-order valence-corrected chi connectivity index (χ0v) is 32.9. The molecule has 1 spiro atoms. The summed E-state index contributed by atoms with van der Waals surface area (Å²) in [5.41, 5.74) is -0.138. The first-order valence-electron chi connectivity index (χ1n) is 19.2. The van der Waals surface area contributed by atoms with E-state index in [2.05, 4.69) is 15.4 Å². The van der Waals surface area contributed by atoms with E-state index in [1.165, 1.54) is 4.90 Å². The number of rotatable bonds is 5. The van der Waals surface area contributed by atoms with Gasteiger partial charge in [0.15, 0.2) is 0 Å². The predicted octanol–water partition coefficient (Wildman–Crippen LogP) is 5.15. The summed E-state index contributed by atoms with van der Waals surface area (Å²) in [5, 5.41) is 7.25. The van der Waals surface area contributed by atoms with Crippen LogP contribution >= 0.6 is 11.6 Å². The molecule has 0 radical (unpaired) electrons. The lowest BCUT2D eigenvalue weighted by Gasteiger charge is -2.48. The Hall–Kier alpha value is -3.91. The molecule has 54 heavy (non-hydrogen) atoms. The largest absolute Gasteiger partial charge is 0.483 e. The third kappa shape index (κ3) is 7.15. The van der Waals surface area contributed by atoms with Crippen LogP contribution in [0.5, 0.6) is 5.75 Å². The van der Waals surface area contributed by atoms with Gasteiger partial charge in [-0.2, -0.15) is 0 Å². The maximum absolute atomic E-state index is 14.7. The van der Waals surface area contributed by atoms with Gasteiger partial charge in [0.05, 0.1) is 28.6 Å². The van der Waals surface area contributed by atoms with E-state index in [9.17, 15) is 27.6 Å². The van der Waals surface area contributed by atoms with Gasteiger partial charge in [0.2, 0.25) is 21.8 Å². The van der Waals surface area contributed by atoms with Gasteiger partial charge in [-0.05, 0) is 97.6 Å². The SMILES string of the molecule is Cc1nc2cc(Cl)ccc2c2c1O[C@]1(CC2)C[C@H]2C(=O)N[C@]3(C(=O)NS(=O)(=O)C4(C)CC4)CC[C@H]3/C=C\CCCCC[C@H](NC(=O)OC(C)C)C(=O)N2C1. The summed E-state index contributed by atoms with van der Waals surface area (Å²) in [6, 6.07) is 3.48. The standard InChI is InChI=1S/C39H50ClN5O8S/c1-23(2)52-36(49)42-29-11-9-7-5-6-8-10-25-14-17-39(25,35(48)44-54(50,51)37(4)18-19-37)43-33(46)31-21-38(22-45(31)34(29)47)16-15-28-27-13-12-26(40)20-30(27)41-24(3)32(28)53-38/h8,10,12-13,20,23,25,29,31H,5-7,9,11,14-19,21-22H2,1-4H3,(H,42,49)(H,43,46)(H,44,48)/b10-8-/t25-,29+,31+,38-,39-/m1/s1. The third-order valence-electron chi connectivity index (χ3n) is 12.0. The van der Waals surface area contributed by atoms with Crippen molar-refractivity contribution in [3.8, 4) is 5.75 Å². The van der Waals surface area contributed by atoms with Crippen LogP contribution in [0.25, 0.3) is 10.9 Å². The predicted molar refractivity (Wildman–Crippen MR) is 202 cm³/mol. The molecule has 13 nitrogen and oxygen atoms in total. The third-order valence-corrected chi connectivity index (χ3v) is 14.4. The average Bonchev–Trinajstić information content (AvgIpc) is 3.76. The van der Waals surface area contributed by atoms with Crippen molar-refractivity contribution in [2.75, 3.05) is 6.54 Å². The number of amides is 4. The first kappa shape index (κ1) is 38.4. The van der Waals surface area contributed by atoms with E-state index >= 15 is 0 Å². The topological polar surface area (TPSA) is 173 Å². The number of alkyl carbamates (subject to hydrolysis) is 1. The molecule has 292 valence electrons. The van der Waals surface area contributed by atoms with Crippen LogP contribution < -0.4 is 20.1 Å². The number of allylic oxidation sites excluding steroid dienone is 1. The van der Waals surface area contributed by atoms with Crippen molar-refractivity contribution in [2.24, 2.45) is 5.92 Å². The second-order valence-corrected chi connectivity index (χ2v) is 19.0. The van der Waals surface area contributed by atoms with Crippen molar-refractivity contribution in [3.63, 3.8) is 0 Å². The quantitative estimate of drug-likeness (QED) is 0.347. The number of benzene rings is 1. The fourth-order valence-corrected chi connectivity index (χ4v) is 9.91. The molecule has 7 rings (SSSR count). The molecule has 5 atom stereocenters. The lowest BCUT2D eigenvalue weighted by molar-refractivity contribution is -0.144. The molecule has 1 aromatic heterocycles. The lowest BCUT2D eigenvalue weighted by Crippen LogP contribution is -2.70. The monoisotopic (exact) mass is 783 g/mol. The van der Waals surface area contributed by atoms with Crippen LogP contribution in [0.2, 0.25) is 5.02 Å². The first-order valence-corrected chi connectivity index (χ1v) is 21.0. The highest BCUT2D eigenvalue weighted by atomic mass is 35.5. The molecule has 3 N–H and O–H groups in total. The van der Waals surface area contributed by atoms with Crippen LogP contribution in [-0.2, 0) is 35.6 Å². The number of aromatic nitrogens is 1. The second kappa shape index (κ2) is 14.3. The Morgan fingerprint density at radius 2 is 1.89 bits per heavy atom. The maximum atomic E-state index is 14.7. The van der Waals surface area contributed by atoms with Gasteiger partial charge in [-0.15, -0.1) is 0 Å². The molecule has 0 bridgehead atoms. The molecule has 3 fully saturated rings. The highest BCUT2D eigenvalue weighted by Gasteiger charge is 2.59. The van der Waals surface area contributed by atoms with Gasteiger partial charge in [0.1, 0.15) is 29.0 Å². The van der Waals surface area contributed by atoms with Crippen LogP contribution in [0.4, 0.5) is 4.79 Å². The van der Waals surface area contributed by atoms with E-state index in [4.69, 9.17) is 26.1 Å². The number of sulfonamides is 1. The minimum atomic E-state index is -4.00. The van der Waals surface area contributed by atoms with Crippen molar-refractivity contribution in [1.82, 2.24) is 25.2 Å². The molecular formula is C39H50ClN5O8S. The zero-order valence-electron chi connectivity index (χ0n) is 31.3. The summed E-state index contributed by atoms with van der Waals surface area (Å²) in [4.78, 5) is 62.7. The molecule has 1 aromatic carbocycles. The van der Waals surface area contributed by atoms with E-state index in [-0.39, 0.29) is 19.4 Å². The fraction of sp³-hybridized carbons (Fsp3) is 0.615. The number of nitrogens with one attached hydrogen (secondary N) is 3. The Morgan fingerprint density at radius 3 is 2.59 bits per heavy atom. The minimum absolute atomic E-state index is 0.0497. The van der Waals surface area contributed by atoms with Gasteiger partial charge < -0.3 is 25.0 Å². The number of halogens is 1. The number of fused-ring (bicyclic) bond motifs is 5. The number of pyridine rings is 1. The van der Waals surface area contributed by atoms with Crippen LogP contribution in [0.15, 0.2) is 30.4 Å². The van der Waals surface area contributed by atoms with Crippen LogP contribution in [-0.4, -0.2) is 82.7 Å². The van der Waals surface area contributed by atoms with Gasteiger partial charge in [-0.1, -0.05) is 42.7 Å².